The number of hydrogen-bond donors (Lipinski definition) is 1. The van der Waals surface area contributed by atoms with E-state index in [1.165, 1.54) is 16.0 Å². The highest BCUT2D eigenvalue weighted by atomic mass is 32.1. The highest BCUT2D eigenvalue weighted by Crippen LogP contribution is 2.34. The highest BCUT2D eigenvalue weighted by Gasteiger charge is 2.26. The normalized spacial score (nSPS) is 14.9. The van der Waals surface area contributed by atoms with Gasteiger partial charge in [0.25, 0.3) is 0 Å². The Morgan fingerprint density at radius 3 is 2.65 bits per heavy atom. The molecule has 20 heavy (non-hydrogen) atoms. The minimum absolute atomic E-state index is 0.418. The topological polar surface area (TPSA) is 37.8 Å². The van der Waals surface area contributed by atoms with Crippen molar-refractivity contribution in [3.8, 4) is 0 Å². The van der Waals surface area contributed by atoms with Gasteiger partial charge in [0.05, 0.1) is 5.69 Å². The Hall–Kier alpha value is -1.00. The van der Waals surface area contributed by atoms with E-state index in [4.69, 9.17) is 0 Å². The molecule has 0 saturated heterocycles. The molecule has 0 aromatic carbocycles. The number of aromatic nitrogens is 2. The zero-order chi connectivity index (χ0) is 14.7. The smallest absolute Gasteiger partial charge is 0.127 e. The van der Waals surface area contributed by atoms with Crippen molar-refractivity contribution in [3.05, 3.63) is 23.0 Å². The molecule has 2 unspecified atom stereocenters. The van der Waals surface area contributed by atoms with Gasteiger partial charge in [0.1, 0.15) is 11.2 Å². The van der Waals surface area contributed by atoms with E-state index < -0.39 is 0 Å². The summed E-state index contributed by atoms with van der Waals surface area (Å²) in [5.41, 5.74) is 1.20. The maximum absolute atomic E-state index is 4.63. The Morgan fingerprint density at radius 2 is 2.00 bits per heavy atom. The van der Waals surface area contributed by atoms with Crippen molar-refractivity contribution in [1.82, 2.24) is 15.3 Å². The summed E-state index contributed by atoms with van der Waals surface area (Å²) >= 11 is 1.75. The molecule has 4 heteroatoms. The van der Waals surface area contributed by atoms with Crippen molar-refractivity contribution < 1.29 is 0 Å². The maximum Gasteiger partial charge on any atom is 0.127 e. The lowest BCUT2D eigenvalue weighted by atomic mass is 9.85. The molecule has 0 fully saturated rings. The first kappa shape index (κ1) is 15.4. The molecule has 2 heterocycles. The molecule has 0 aliphatic carbocycles. The average molecular weight is 291 g/mol. The van der Waals surface area contributed by atoms with E-state index in [0.717, 1.165) is 17.8 Å². The van der Waals surface area contributed by atoms with Crippen molar-refractivity contribution in [2.45, 2.75) is 53.0 Å². The van der Waals surface area contributed by atoms with Crippen molar-refractivity contribution in [3.63, 3.8) is 0 Å². The maximum atomic E-state index is 4.63. The van der Waals surface area contributed by atoms with E-state index in [-0.39, 0.29) is 0 Å². The van der Waals surface area contributed by atoms with Crippen LogP contribution in [0.5, 0.6) is 0 Å². The second-order valence-electron chi connectivity index (χ2n) is 5.85. The average Bonchev–Trinajstić information content (AvgIpc) is 2.77. The fraction of sp³-hybridized carbons (Fsp3) is 0.625. The van der Waals surface area contributed by atoms with Crippen LogP contribution >= 0.6 is 11.3 Å². The standard InChI is InChI=1S/C16H25N3S/c1-6-7-17-12(5)14(10(2)3)15-13-8-11(4)20-16(13)19-9-18-15/h8-10,12,14,17H,6-7H2,1-5H3. The van der Waals surface area contributed by atoms with Crippen LogP contribution < -0.4 is 5.32 Å². The van der Waals surface area contributed by atoms with Gasteiger partial charge in [-0.1, -0.05) is 20.8 Å². The third-order valence-electron chi connectivity index (χ3n) is 3.77. The van der Waals surface area contributed by atoms with Crippen molar-refractivity contribution in [1.29, 1.82) is 0 Å². The number of aryl methyl sites for hydroxylation is 1. The van der Waals surface area contributed by atoms with Crippen molar-refractivity contribution in [2.75, 3.05) is 6.54 Å². The minimum atomic E-state index is 0.418. The first-order valence-corrected chi connectivity index (χ1v) is 8.30. The predicted octanol–water partition coefficient (Wildman–Crippen LogP) is 4.13. The van der Waals surface area contributed by atoms with Crippen LogP contribution in [-0.2, 0) is 0 Å². The number of rotatable bonds is 6. The quantitative estimate of drug-likeness (QED) is 0.869. The van der Waals surface area contributed by atoms with Crippen molar-refractivity contribution in [2.24, 2.45) is 5.92 Å². The molecule has 3 nitrogen and oxygen atoms in total. The third kappa shape index (κ3) is 3.18. The minimum Gasteiger partial charge on any atom is -0.314 e. The van der Waals surface area contributed by atoms with Crippen LogP contribution in [0.15, 0.2) is 12.4 Å². The lowest BCUT2D eigenvalue weighted by Gasteiger charge is -2.28. The highest BCUT2D eigenvalue weighted by molar-refractivity contribution is 7.18. The summed E-state index contributed by atoms with van der Waals surface area (Å²) in [6, 6.07) is 2.66. The molecule has 0 radical (unpaired) electrons. The first-order valence-electron chi connectivity index (χ1n) is 7.49. The van der Waals surface area contributed by atoms with E-state index in [2.05, 4.69) is 56.0 Å². The van der Waals surface area contributed by atoms with Crippen LogP contribution in [0.1, 0.15) is 50.6 Å². The number of thiophene rings is 1. The Kier molecular flexibility index (Phi) is 5.11. The van der Waals surface area contributed by atoms with Crippen molar-refractivity contribution >= 4 is 21.6 Å². The molecule has 0 spiro atoms. The van der Waals surface area contributed by atoms with E-state index in [0.29, 0.717) is 17.9 Å². The predicted molar refractivity (Wildman–Crippen MR) is 87.5 cm³/mol. The molecule has 2 atom stereocenters. The lowest BCUT2D eigenvalue weighted by Crippen LogP contribution is -2.35. The number of fused-ring (bicyclic) bond motifs is 1. The van der Waals surface area contributed by atoms with Gasteiger partial charge in [-0.3, -0.25) is 0 Å². The van der Waals surface area contributed by atoms with Gasteiger partial charge < -0.3 is 5.32 Å². The summed E-state index contributed by atoms with van der Waals surface area (Å²) in [6.45, 7) is 12.2. The first-order chi connectivity index (χ1) is 9.54. The zero-order valence-corrected chi connectivity index (χ0v) is 13.9. The molecule has 0 bridgehead atoms. The monoisotopic (exact) mass is 291 g/mol. The number of nitrogens with one attached hydrogen (secondary N) is 1. The summed E-state index contributed by atoms with van der Waals surface area (Å²) in [6.07, 6.45) is 2.88. The van der Waals surface area contributed by atoms with Gasteiger partial charge in [0.2, 0.25) is 0 Å². The molecule has 2 aromatic heterocycles. The van der Waals surface area contributed by atoms with Gasteiger partial charge in [0, 0.05) is 22.2 Å². The fourth-order valence-electron chi connectivity index (χ4n) is 2.89. The van der Waals surface area contributed by atoms with Crippen LogP contribution in [0.25, 0.3) is 10.2 Å². The van der Waals surface area contributed by atoms with Gasteiger partial charge in [-0.25, -0.2) is 9.97 Å². The molecule has 0 aliphatic rings. The molecular weight excluding hydrogens is 266 g/mol. The van der Waals surface area contributed by atoms with Gasteiger partial charge in [-0.2, -0.15) is 0 Å². The molecule has 0 aliphatic heterocycles. The molecule has 2 aromatic rings. The van der Waals surface area contributed by atoms with Crippen LogP contribution in [0.4, 0.5) is 0 Å². The van der Waals surface area contributed by atoms with Crippen LogP contribution in [0, 0.1) is 12.8 Å². The molecule has 110 valence electrons. The third-order valence-corrected chi connectivity index (χ3v) is 4.73. The Labute approximate surface area is 125 Å². The number of nitrogens with zero attached hydrogens (tertiary/aromatic N) is 2. The largest absolute Gasteiger partial charge is 0.314 e. The molecule has 2 rings (SSSR count). The molecule has 1 N–H and O–H groups in total. The van der Waals surface area contributed by atoms with E-state index in [1.54, 1.807) is 17.7 Å². The van der Waals surface area contributed by atoms with Crippen LogP contribution in [0.3, 0.4) is 0 Å². The zero-order valence-electron chi connectivity index (χ0n) is 13.1. The summed E-state index contributed by atoms with van der Waals surface area (Å²) in [7, 11) is 0. The van der Waals surface area contributed by atoms with Gasteiger partial charge in [-0.05, 0) is 38.8 Å². The van der Waals surface area contributed by atoms with E-state index in [1.807, 2.05) is 0 Å². The van der Waals surface area contributed by atoms with E-state index in [9.17, 15) is 0 Å². The lowest BCUT2D eigenvalue weighted by molar-refractivity contribution is 0.373. The van der Waals surface area contributed by atoms with Gasteiger partial charge >= 0.3 is 0 Å². The second kappa shape index (κ2) is 6.64. The molecular formula is C16H25N3S. The molecule has 0 saturated carbocycles. The Balaban J connectivity index is 2.41. The van der Waals surface area contributed by atoms with E-state index >= 15 is 0 Å². The number of hydrogen-bond acceptors (Lipinski definition) is 4. The fourth-order valence-corrected chi connectivity index (χ4v) is 3.74. The Morgan fingerprint density at radius 1 is 1.25 bits per heavy atom. The second-order valence-corrected chi connectivity index (χ2v) is 7.08. The van der Waals surface area contributed by atoms with Crippen LogP contribution in [-0.4, -0.2) is 22.6 Å². The summed E-state index contributed by atoms with van der Waals surface area (Å²) in [4.78, 5) is 11.5. The summed E-state index contributed by atoms with van der Waals surface area (Å²) < 4.78 is 0. The SMILES string of the molecule is CCCNC(C)C(c1ncnc2sc(C)cc12)C(C)C. The Bertz CT molecular complexity index is 562. The summed E-state index contributed by atoms with van der Waals surface area (Å²) in [5, 5.41) is 4.86. The summed E-state index contributed by atoms with van der Waals surface area (Å²) in [5.74, 6) is 0.966. The molecule has 0 amide bonds. The van der Waals surface area contributed by atoms with Gasteiger partial charge in [-0.15, -0.1) is 11.3 Å². The van der Waals surface area contributed by atoms with Gasteiger partial charge in [0.15, 0.2) is 0 Å². The van der Waals surface area contributed by atoms with Crippen LogP contribution in [0.2, 0.25) is 0 Å².